The minimum atomic E-state index is 0.00821. The Balaban J connectivity index is 0.000000112. The summed E-state index contributed by atoms with van der Waals surface area (Å²) in [5.74, 6) is 7.63. The third kappa shape index (κ3) is 19.8. The molecule has 2 N–H and O–H groups in total. The van der Waals surface area contributed by atoms with Crippen LogP contribution in [0.25, 0.3) is 84.0 Å². The van der Waals surface area contributed by atoms with E-state index in [1.807, 2.05) is 212 Å². The highest BCUT2D eigenvalue weighted by molar-refractivity contribution is 6.01. The maximum Gasteiger partial charge on any atom is 0.255 e. The number of rotatable bonds is 18. The van der Waals surface area contributed by atoms with Crippen LogP contribution in [0.2, 0.25) is 0 Å². The number of methoxy groups -OCH3 is 4. The van der Waals surface area contributed by atoms with E-state index in [4.69, 9.17) is 29.7 Å². The number of ether oxygens (including phenoxy) is 4. The number of anilines is 1. The van der Waals surface area contributed by atoms with Gasteiger partial charge in [0.05, 0.1) is 92.2 Å². The highest BCUT2D eigenvalue weighted by atomic mass is 16.5. The van der Waals surface area contributed by atoms with Crippen LogP contribution in [-0.2, 0) is 13.1 Å². The number of aromatic nitrogens is 16. The summed E-state index contributed by atoms with van der Waals surface area (Å²) in [4.78, 5) is 109. The van der Waals surface area contributed by atoms with Crippen molar-refractivity contribution >= 4 is 90.9 Å². The number of nitrogens with zero attached hydrogens (tertiary/aromatic N) is 21. The number of carbonyl (C=O) groups excluding carboxylic acids is 5. The summed E-state index contributed by atoms with van der Waals surface area (Å²) in [6.45, 7) is 16.3. The molecule has 31 nitrogen and oxygen atoms in total. The Hall–Kier alpha value is -15.0. The van der Waals surface area contributed by atoms with Gasteiger partial charge < -0.3 is 53.7 Å². The van der Waals surface area contributed by atoms with Gasteiger partial charge in [-0.25, -0.2) is 39.9 Å². The van der Waals surface area contributed by atoms with Gasteiger partial charge in [0.25, 0.3) is 29.5 Å². The number of carbonyl (C=O) groups is 5. The van der Waals surface area contributed by atoms with Crippen LogP contribution in [0.15, 0.2) is 220 Å². The van der Waals surface area contributed by atoms with E-state index in [-0.39, 0.29) is 29.5 Å². The van der Waals surface area contributed by atoms with Crippen molar-refractivity contribution < 1.29 is 42.9 Å². The highest BCUT2D eigenvalue weighted by Crippen LogP contribution is 2.43. The molecule has 5 amide bonds. The average molecular weight is 1800 g/mol. The number of fused-ring (bicyclic) bond motifs is 5. The molecule has 0 atom stereocenters. The Bertz CT molecular complexity index is 6850. The largest absolute Gasteiger partial charge is 0.497 e. The first-order valence-electron chi connectivity index (χ1n) is 46.4. The van der Waals surface area contributed by atoms with Crippen molar-refractivity contribution in [3.63, 3.8) is 0 Å². The van der Waals surface area contributed by atoms with Gasteiger partial charge in [0.2, 0.25) is 5.95 Å². The molecule has 0 spiro atoms. The zero-order valence-corrected chi connectivity index (χ0v) is 76.8. The Kier molecular flexibility index (Phi) is 27.0. The minimum Gasteiger partial charge on any atom is -0.497 e. The first-order chi connectivity index (χ1) is 65.4. The minimum absolute atomic E-state index is 0.00821. The molecule has 5 aliphatic heterocycles. The molecule has 5 aromatic carbocycles. The van der Waals surface area contributed by atoms with Crippen LogP contribution in [-0.4, -0.2) is 225 Å². The Labute approximate surface area is 776 Å². The van der Waals surface area contributed by atoms with Gasteiger partial charge in [0.15, 0.2) is 17.1 Å². The summed E-state index contributed by atoms with van der Waals surface area (Å²) >= 11 is 0. The molecule has 5 saturated heterocycles. The van der Waals surface area contributed by atoms with Crippen LogP contribution in [0.5, 0.6) is 23.0 Å². The molecule has 6 aliphatic rings. The molecule has 134 heavy (non-hydrogen) atoms. The van der Waals surface area contributed by atoms with E-state index < -0.39 is 0 Å². The van der Waals surface area contributed by atoms with Gasteiger partial charge in [0, 0.05) is 155 Å². The third-order valence-electron chi connectivity index (χ3n) is 25.8. The number of likely N-dealkylation sites (tertiary alicyclic amines) is 5. The van der Waals surface area contributed by atoms with E-state index in [1.165, 1.54) is 32.1 Å². The zero-order chi connectivity index (χ0) is 92.5. The second kappa shape index (κ2) is 40.4. The molecule has 31 heteroatoms. The fraction of sp³-hybridized carbons (Fsp3) is 0.340. The number of nitrogen functional groups attached to an aromatic ring is 1. The number of hydrogen-bond donors (Lipinski definition) is 1. The van der Waals surface area contributed by atoms with E-state index in [9.17, 15) is 24.0 Å². The Morgan fingerprint density at radius 2 is 0.851 bits per heavy atom. The van der Waals surface area contributed by atoms with Crippen molar-refractivity contribution in [2.45, 2.75) is 123 Å². The summed E-state index contributed by atoms with van der Waals surface area (Å²) in [5, 5.41) is 6.41. The normalized spacial score (nSPS) is 15.3. The number of benzene rings is 5. The SMILES string of the molecule is CCn1cnc(-n2ccc3cc(C(=O)N4CCCCC4)cnc32)c1.COc1ccc(-n2c(C3CC3)nc3cc(C(=O)N4CCCCC4)ccc32)cc1.COc1ccc(-n2c(N)nc3cc(C(=O)N4CCC(C)CC4)cnc32)cc1.COc1ccc(-n2cnc3cc(C(=O)N4CC(C)C4)cnc32)cc1.COc1ccc(Cn2cc(-n3ccc4cc(C(=O)N5CCCCC5)cnc43)cn2)cc1. The molecule has 1 saturated carbocycles. The van der Waals surface area contributed by atoms with Crippen LogP contribution in [0, 0.1) is 11.8 Å². The van der Waals surface area contributed by atoms with Gasteiger partial charge in [-0.15, -0.1) is 0 Å². The van der Waals surface area contributed by atoms with Crippen LogP contribution < -0.4 is 24.7 Å². The number of piperidine rings is 4. The monoisotopic (exact) mass is 1800 g/mol. The quantitative estimate of drug-likeness (QED) is 0.0834. The van der Waals surface area contributed by atoms with Crippen LogP contribution in [0.4, 0.5) is 5.95 Å². The van der Waals surface area contributed by atoms with E-state index in [1.54, 1.807) is 70.2 Å². The molecule has 1 aliphatic carbocycles. The lowest BCUT2D eigenvalue weighted by atomic mass is 9.99. The molecule has 6 fully saturated rings. The predicted octanol–water partition coefficient (Wildman–Crippen LogP) is 16.7. The number of pyridine rings is 4. The fourth-order valence-corrected chi connectivity index (χ4v) is 18.0. The molecule has 16 heterocycles. The van der Waals surface area contributed by atoms with Crippen molar-refractivity contribution in [3.05, 3.63) is 259 Å². The van der Waals surface area contributed by atoms with E-state index in [2.05, 4.69) is 83.5 Å². The van der Waals surface area contributed by atoms with Crippen molar-refractivity contribution in [1.29, 1.82) is 0 Å². The Morgan fingerprint density at radius 1 is 0.388 bits per heavy atom. The number of amides is 5. The second-order valence-corrected chi connectivity index (χ2v) is 35.2. The average Bonchev–Trinajstić information content (AvgIpc) is 1.60. The predicted molar refractivity (Wildman–Crippen MR) is 515 cm³/mol. The molecule has 22 rings (SSSR count). The summed E-state index contributed by atoms with van der Waals surface area (Å²) in [7, 11) is 6.61. The lowest BCUT2D eigenvalue weighted by Crippen LogP contribution is -2.48. The van der Waals surface area contributed by atoms with Crippen LogP contribution in [0.1, 0.15) is 173 Å². The maximum atomic E-state index is 12.9. The maximum absolute atomic E-state index is 12.9. The molecule has 11 aromatic heterocycles. The lowest BCUT2D eigenvalue weighted by Gasteiger charge is -2.37. The zero-order valence-electron chi connectivity index (χ0n) is 76.8. The summed E-state index contributed by atoms with van der Waals surface area (Å²) in [5.41, 5.74) is 20.6. The van der Waals surface area contributed by atoms with Crippen molar-refractivity contribution in [2.24, 2.45) is 11.8 Å². The molecular weight excluding hydrogens is 1690 g/mol. The summed E-state index contributed by atoms with van der Waals surface area (Å²) in [6, 6.07) is 48.7. The molecule has 16 aromatic rings. The molecule has 0 radical (unpaired) electrons. The van der Waals surface area contributed by atoms with Gasteiger partial charge in [-0.05, 0) is 247 Å². The standard InChI is InChI=1S/C24H25N5O2.C23H25N3O2.C20H23N5O2.C18H21N5O.C18H18N4O2/c1-31-22-7-5-18(6-8-22)16-28-17-21(15-26-28)29-12-9-19-13-20(14-25-23(19)29)24(30)27-10-3-2-4-11-27;1-28-19-10-8-18(9-11-19)26-21-12-7-17(23(27)25-13-3-2-4-14-25)15-20(21)24-22(26)16-5-6-16;1-13-7-9-24(10-8-13)19(26)14-11-17-18(22-12-14)25(20(21)23-17)15-3-5-16(27-2)6-4-15;1-2-21-12-16(20-13-21)23-9-6-14-10-15(11-19-17(14)23)18(24)22-7-4-3-5-8-22;1-12-9-21(10-12)18(23)13-7-16-17(19-8-13)22(11-20-16)14-3-5-15(24-2)6-4-14/h5-9,12-15,17H,2-4,10-11,16H2,1H3;7-12,15-16H,2-6,13-14H2,1H3;3-6,11-13H,7-10H2,1-2H3,(H2,21,23);6,9-13H,2-5,7-8H2,1H3;3-8,11-12H,9-10H2,1-2H3. The lowest BCUT2D eigenvalue weighted by molar-refractivity contribution is 0.0529. The Morgan fingerprint density at radius 3 is 1.37 bits per heavy atom. The van der Waals surface area contributed by atoms with Gasteiger partial charge in [-0.2, -0.15) is 5.10 Å². The first kappa shape index (κ1) is 89.5. The summed E-state index contributed by atoms with van der Waals surface area (Å²) in [6.07, 6.45) is 34.6. The molecule has 0 unspecified atom stereocenters. The molecule has 0 bridgehead atoms. The molecule has 688 valence electrons. The van der Waals surface area contributed by atoms with Crippen molar-refractivity contribution in [1.82, 2.24) is 102 Å². The summed E-state index contributed by atoms with van der Waals surface area (Å²) < 4.78 is 34.7. The van der Waals surface area contributed by atoms with E-state index in [0.29, 0.717) is 69.2 Å². The second-order valence-electron chi connectivity index (χ2n) is 35.2. The first-order valence-corrected chi connectivity index (χ1v) is 46.4. The topological polar surface area (TPSA) is 315 Å². The smallest absolute Gasteiger partial charge is 0.255 e. The molecular formula is C103H112N22O9. The number of hydrogen-bond acceptors (Lipinski definition) is 19. The highest BCUT2D eigenvalue weighted by Gasteiger charge is 2.33. The number of imidazole rings is 4. The van der Waals surface area contributed by atoms with Crippen molar-refractivity contribution in [3.8, 4) is 51.6 Å². The third-order valence-corrected chi connectivity index (χ3v) is 25.8. The number of aryl methyl sites for hydroxylation is 1. The number of nitrogens with two attached hydrogens (primary N) is 1. The van der Waals surface area contributed by atoms with Gasteiger partial charge in [0.1, 0.15) is 57.5 Å². The van der Waals surface area contributed by atoms with Gasteiger partial charge >= 0.3 is 0 Å². The van der Waals surface area contributed by atoms with Crippen LogP contribution in [0.3, 0.4) is 0 Å². The fourth-order valence-electron chi connectivity index (χ4n) is 18.0. The van der Waals surface area contributed by atoms with E-state index in [0.717, 1.165) is 231 Å². The van der Waals surface area contributed by atoms with E-state index >= 15 is 0 Å². The van der Waals surface area contributed by atoms with Crippen LogP contribution >= 0.6 is 0 Å². The van der Waals surface area contributed by atoms with Gasteiger partial charge in [-0.3, -0.25) is 51.5 Å². The van der Waals surface area contributed by atoms with Crippen molar-refractivity contribution in [2.75, 3.05) is 99.6 Å². The van der Waals surface area contributed by atoms with Gasteiger partial charge in [-0.1, -0.05) is 26.0 Å².